The van der Waals surface area contributed by atoms with E-state index in [4.69, 9.17) is 4.74 Å². The molecule has 1 saturated carbocycles. The normalized spacial score (nSPS) is 25.2. The summed E-state index contributed by atoms with van der Waals surface area (Å²) in [6.45, 7) is 1.60. The lowest BCUT2D eigenvalue weighted by atomic mass is 9.73. The Morgan fingerprint density at radius 3 is 2.59 bits per heavy atom. The number of benzene rings is 1. The van der Waals surface area contributed by atoms with Crippen molar-refractivity contribution >= 4 is 17.7 Å². The number of nitrogens with zero attached hydrogens (tertiary/aromatic N) is 3. The number of quaternary nitrogens is 1. The monoisotopic (exact) mass is 467 g/mol. The van der Waals surface area contributed by atoms with Crippen LogP contribution in [-0.2, 0) is 19.9 Å². The van der Waals surface area contributed by atoms with Gasteiger partial charge in [-0.3, -0.25) is 4.79 Å². The first-order valence-corrected chi connectivity index (χ1v) is 12.3. The molecule has 3 atom stereocenters. The SMILES string of the molecule is C[N+]1(CC(=O)Nc2ccncn2)CCCC(OC(=O)C(O)(c2ccccc2)C2CCCCC2)C1. The Morgan fingerprint density at radius 2 is 1.88 bits per heavy atom. The second kappa shape index (κ2) is 10.6. The highest BCUT2D eigenvalue weighted by Gasteiger charge is 2.48. The lowest BCUT2D eigenvalue weighted by molar-refractivity contribution is -0.909. The molecule has 182 valence electrons. The highest BCUT2D eigenvalue weighted by Crippen LogP contribution is 2.41. The van der Waals surface area contributed by atoms with Crippen molar-refractivity contribution in [3.63, 3.8) is 0 Å². The van der Waals surface area contributed by atoms with E-state index in [1.165, 1.54) is 6.33 Å². The van der Waals surface area contributed by atoms with Crippen LogP contribution in [0.2, 0.25) is 0 Å². The molecule has 2 aromatic rings. The molecular weight excluding hydrogens is 432 g/mol. The molecule has 2 N–H and O–H groups in total. The summed E-state index contributed by atoms with van der Waals surface area (Å²) in [7, 11) is 2.00. The van der Waals surface area contributed by atoms with Crippen LogP contribution in [0.5, 0.6) is 0 Å². The topological polar surface area (TPSA) is 101 Å². The molecule has 1 amide bonds. The smallest absolute Gasteiger partial charge is 0.343 e. The van der Waals surface area contributed by atoms with Crippen molar-refractivity contribution in [1.29, 1.82) is 0 Å². The molecule has 1 aliphatic heterocycles. The second-order valence-corrected chi connectivity index (χ2v) is 9.96. The van der Waals surface area contributed by atoms with Crippen LogP contribution >= 0.6 is 0 Å². The van der Waals surface area contributed by atoms with E-state index in [2.05, 4.69) is 15.3 Å². The van der Waals surface area contributed by atoms with Crippen molar-refractivity contribution in [2.75, 3.05) is 32.0 Å². The average Bonchev–Trinajstić information content (AvgIpc) is 2.85. The second-order valence-electron chi connectivity index (χ2n) is 9.96. The zero-order chi connectivity index (χ0) is 24.0. The Balaban J connectivity index is 1.44. The van der Waals surface area contributed by atoms with Gasteiger partial charge in [-0.05, 0) is 30.9 Å². The first-order valence-electron chi connectivity index (χ1n) is 12.3. The maximum atomic E-state index is 13.5. The lowest BCUT2D eigenvalue weighted by Crippen LogP contribution is -2.57. The Morgan fingerprint density at radius 1 is 1.12 bits per heavy atom. The van der Waals surface area contributed by atoms with Crippen LogP contribution in [0.1, 0.15) is 50.5 Å². The van der Waals surface area contributed by atoms with Gasteiger partial charge in [0.25, 0.3) is 5.91 Å². The average molecular weight is 468 g/mol. The van der Waals surface area contributed by atoms with Crippen LogP contribution < -0.4 is 5.32 Å². The zero-order valence-electron chi connectivity index (χ0n) is 19.9. The number of aromatic nitrogens is 2. The van der Waals surface area contributed by atoms with Crippen molar-refractivity contribution in [2.45, 2.75) is 56.7 Å². The molecule has 3 unspecified atom stereocenters. The summed E-state index contributed by atoms with van der Waals surface area (Å²) < 4.78 is 6.46. The summed E-state index contributed by atoms with van der Waals surface area (Å²) in [5.74, 6) is -0.392. The summed E-state index contributed by atoms with van der Waals surface area (Å²) in [5, 5.41) is 14.6. The van der Waals surface area contributed by atoms with Gasteiger partial charge in [0.05, 0.1) is 13.6 Å². The first-order chi connectivity index (χ1) is 16.4. The molecule has 1 aromatic carbocycles. The third kappa shape index (κ3) is 5.62. The largest absolute Gasteiger partial charge is 0.454 e. The van der Waals surface area contributed by atoms with E-state index in [0.29, 0.717) is 22.4 Å². The van der Waals surface area contributed by atoms with Crippen LogP contribution in [0.25, 0.3) is 0 Å². The number of rotatable bonds is 7. The minimum Gasteiger partial charge on any atom is -0.454 e. The van der Waals surface area contributed by atoms with Crippen LogP contribution in [0, 0.1) is 5.92 Å². The van der Waals surface area contributed by atoms with Gasteiger partial charge in [0, 0.05) is 18.5 Å². The number of nitrogens with one attached hydrogen (secondary N) is 1. The number of aliphatic hydroxyl groups is 1. The number of piperidine rings is 1. The number of carbonyl (C=O) groups excluding carboxylic acids is 2. The van der Waals surface area contributed by atoms with Crippen LogP contribution in [0.3, 0.4) is 0 Å². The molecule has 2 aliphatic rings. The quantitative estimate of drug-likeness (QED) is 0.479. The minimum atomic E-state index is -1.65. The molecule has 34 heavy (non-hydrogen) atoms. The van der Waals surface area contributed by atoms with Gasteiger partial charge in [-0.2, -0.15) is 0 Å². The molecule has 1 saturated heterocycles. The Hall–Kier alpha value is -2.84. The Bertz CT molecular complexity index is 967. The first kappa shape index (κ1) is 24.3. The molecule has 2 heterocycles. The molecule has 4 rings (SSSR count). The van der Waals surface area contributed by atoms with Crippen LogP contribution in [0.4, 0.5) is 5.82 Å². The van der Waals surface area contributed by atoms with Crippen LogP contribution in [-0.4, -0.2) is 64.2 Å². The molecule has 2 fully saturated rings. The number of anilines is 1. The van der Waals surface area contributed by atoms with E-state index in [0.717, 1.165) is 51.5 Å². The Kier molecular flexibility index (Phi) is 7.58. The van der Waals surface area contributed by atoms with Crippen molar-refractivity contribution < 1.29 is 23.9 Å². The number of esters is 1. The van der Waals surface area contributed by atoms with Gasteiger partial charge in [-0.1, -0.05) is 49.6 Å². The molecule has 1 aromatic heterocycles. The van der Waals surface area contributed by atoms with Gasteiger partial charge in [-0.25, -0.2) is 14.8 Å². The predicted molar refractivity (Wildman–Crippen MR) is 127 cm³/mol. The molecule has 1 aliphatic carbocycles. The molecule has 0 bridgehead atoms. The highest BCUT2D eigenvalue weighted by molar-refractivity contribution is 5.90. The van der Waals surface area contributed by atoms with E-state index in [-0.39, 0.29) is 24.5 Å². The van der Waals surface area contributed by atoms with Gasteiger partial charge in [-0.15, -0.1) is 0 Å². The van der Waals surface area contributed by atoms with E-state index in [1.807, 2.05) is 37.4 Å². The third-order valence-electron chi connectivity index (χ3n) is 7.24. The Labute approximate surface area is 201 Å². The molecule has 8 heteroatoms. The fourth-order valence-electron chi connectivity index (χ4n) is 5.48. The van der Waals surface area contributed by atoms with Gasteiger partial charge in [0.1, 0.15) is 18.7 Å². The summed E-state index contributed by atoms with van der Waals surface area (Å²) in [5.41, 5.74) is -1.04. The maximum Gasteiger partial charge on any atom is 0.343 e. The summed E-state index contributed by atoms with van der Waals surface area (Å²) in [6, 6.07) is 10.9. The number of hydrogen-bond acceptors (Lipinski definition) is 6. The predicted octanol–water partition coefficient (Wildman–Crippen LogP) is 3.04. The third-order valence-corrected chi connectivity index (χ3v) is 7.24. The van der Waals surface area contributed by atoms with Gasteiger partial charge in [0.2, 0.25) is 0 Å². The fourth-order valence-corrected chi connectivity index (χ4v) is 5.48. The summed E-state index contributed by atoms with van der Waals surface area (Å²) in [6.07, 6.45) is 8.94. The van der Waals surface area contributed by atoms with Crippen molar-refractivity contribution in [2.24, 2.45) is 5.92 Å². The number of ether oxygens (including phenoxy) is 1. The summed E-state index contributed by atoms with van der Waals surface area (Å²) >= 11 is 0. The number of likely N-dealkylation sites (N-methyl/N-ethyl adjacent to an activating group) is 1. The summed E-state index contributed by atoms with van der Waals surface area (Å²) in [4.78, 5) is 34.1. The maximum absolute atomic E-state index is 13.5. The van der Waals surface area contributed by atoms with E-state index < -0.39 is 11.6 Å². The number of likely N-dealkylation sites (tertiary alicyclic amines) is 1. The standard InChI is InChI=1S/C26H34N4O4/c1-30(18-24(31)29-23-14-15-27-19-28-23)16-8-13-22(17-30)34-25(32)26(33,20-9-4-2-5-10-20)21-11-6-3-7-12-21/h2,4-5,9-10,14-15,19,21-22,33H,3,6-8,11-13,16-18H2,1H3/p+1. The highest BCUT2D eigenvalue weighted by atomic mass is 16.6. The van der Waals surface area contributed by atoms with Crippen molar-refractivity contribution in [1.82, 2.24) is 9.97 Å². The van der Waals surface area contributed by atoms with Gasteiger partial charge < -0.3 is 19.6 Å². The van der Waals surface area contributed by atoms with Crippen molar-refractivity contribution in [3.05, 3.63) is 54.5 Å². The van der Waals surface area contributed by atoms with E-state index in [1.54, 1.807) is 12.3 Å². The molecule has 0 spiro atoms. The fraction of sp³-hybridized carbons (Fsp3) is 0.538. The number of amides is 1. The van der Waals surface area contributed by atoms with Crippen LogP contribution in [0.15, 0.2) is 48.9 Å². The van der Waals surface area contributed by atoms with Gasteiger partial charge in [0.15, 0.2) is 18.2 Å². The van der Waals surface area contributed by atoms with Gasteiger partial charge >= 0.3 is 5.97 Å². The molecule has 8 nitrogen and oxygen atoms in total. The zero-order valence-corrected chi connectivity index (χ0v) is 19.9. The number of carbonyl (C=O) groups is 2. The minimum absolute atomic E-state index is 0.142. The molecular formula is C26H35N4O4+. The van der Waals surface area contributed by atoms with E-state index in [9.17, 15) is 14.7 Å². The lowest BCUT2D eigenvalue weighted by Gasteiger charge is -2.42. The molecule has 0 radical (unpaired) electrons. The van der Waals surface area contributed by atoms with E-state index >= 15 is 0 Å². The van der Waals surface area contributed by atoms with Crippen molar-refractivity contribution in [3.8, 4) is 0 Å². The number of hydrogen-bond donors (Lipinski definition) is 2.